The van der Waals surface area contributed by atoms with E-state index in [1.165, 1.54) is 4.90 Å². The quantitative estimate of drug-likeness (QED) is 0.409. The van der Waals surface area contributed by atoms with Crippen LogP contribution in [0.3, 0.4) is 0 Å². The Morgan fingerprint density at radius 2 is 1.79 bits per heavy atom. The van der Waals surface area contributed by atoms with Crippen LogP contribution in [0.15, 0.2) is 73.8 Å². The number of ether oxygens (including phenoxy) is 1. The van der Waals surface area contributed by atoms with Gasteiger partial charge in [-0.2, -0.15) is 0 Å². The van der Waals surface area contributed by atoms with E-state index >= 15 is 0 Å². The van der Waals surface area contributed by atoms with E-state index in [-0.39, 0.29) is 37.4 Å². The Balaban J connectivity index is 1.61. The maximum Gasteiger partial charge on any atom is 0.253 e. The van der Waals surface area contributed by atoms with Gasteiger partial charge in [-0.3, -0.25) is 14.4 Å². The van der Waals surface area contributed by atoms with Gasteiger partial charge in [0.05, 0.1) is 30.6 Å². The van der Waals surface area contributed by atoms with Crippen LogP contribution in [0.25, 0.3) is 0 Å². The average molecular weight is 572 g/mol. The molecule has 3 heterocycles. The molecule has 3 saturated heterocycles. The molecule has 3 amide bonds. The van der Waals surface area contributed by atoms with Crippen molar-refractivity contribution in [3.05, 3.63) is 85.0 Å². The molecule has 1 spiro atoms. The molecule has 42 heavy (non-hydrogen) atoms. The van der Waals surface area contributed by atoms with Crippen molar-refractivity contribution in [2.75, 3.05) is 29.5 Å². The van der Waals surface area contributed by atoms with Gasteiger partial charge >= 0.3 is 0 Å². The molecule has 5 rings (SSSR count). The lowest BCUT2D eigenvalue weighted by atomic mass is 9.70. The van der Waals surface area contributed by atoms with Crippen molar-refractivity contribution < 1.29 is 24.2 Å². The highest BCUT2D eigenvalue weighted by Gasteiger charge is 2.75. The van der Waals surface area contributed by atoms with Gasteiger partial charge < -0.3 is 24.5 Å². The Hall–Kier alpha value is -3.75. The standard InChI is InChI=1S/C34H41N3O5/c1-6-18-35(25-12-10-9-11-13-25)31(39)28-27-16-17-34(42-27)29(28)32(40)37(24(8-3)21-38)30(34)33(41)36(19-7-2)26-20-22(4)14-15-23(26)5/h6-7,9-15,20,24,27-30,38H,1-2,8,16-19,21H2,3-5H3/t24-,27+,28-,29-,30?,34?/m0/s1. The van der Waals surface area contributed by atoms with Crippen LogP contribution < -0.4 is 9.80 Å². The monoisotopic (exact) mass is 571 g/mol. The zero-order valence-corrected chi connectivity index (χ0v) is 24.7. The smallest absolute Gasteiger partial charge is 0.253 e. The Bertz CT molecular complexity index is 1370. The van der Waals surface area contributed by atoms with Crippen LogP contribution in [0.5, 0.6) is 0 Å². The Morgan fingerprint density at radius 1 is 1.10 bits per heavy atom. The summed E-state index contributed by atoms with van der Waals surface area (Å²) < 4.78 is 6.68. The van der Waals surface area contributed by atoms with Crippen LogP contribution in [0.1, 0.15) is 37.3 Å². The van der Waals surface area contributed by atoms with E-state index in [9.17, 15) is 19.5 Å². The van der Waals surface area contributed by atoms with E-state index in [2.05, 4.69) is 13.2 Å². The number of para-hydroxylation sites is 1. The molecule has 0 saturated carbocycles. The van der Waals surface area contributed by atoms with Crippen LogP contribution in [-0.2, 0) is 19.1 Å². The fourth-order valence-electron chi connectivity index (χ4n) is 7.29. The molecule has 1 N–H and O–H groups in total. The molecule has 2 bridgehead atoms. The molecule has 6 atom stereocenters. The molecule has 8 heteroatoms. The number of nitrogens with zero attached hydrogens (tertiary/aromatic N) is 3. The number of aliphatic hydroxyl groups excluding tert-OH is 1. The summed E-state index contributed by atoms with van der Waals surface area (Å²) in [6.07, 6.45) is 4.35. The summed E-state index contributed by atoms with van der Waals surface area (Å²) in [5.41, 5.74) is 2.20. The second kappa shape index (κ2) is 11.9. The third-order valence-electron chi connectivity index (χ3n) is 9.21. The van der Waals surface area contributed by atoms with Gasteiger partial charge in [-0.15, -0.1) is 13.2 Å². The molecule has 0 aliphatic carbocycles. The lowest BCUT2D eigenvalue weighted by molar-refractivity contribution is -0.144. The summed E-state index contributed by atoms with van der Waals surface area (Å²) >= 11 is 0. The molecule has 0 radical (unpaired) electrons. The van der Waals surface area contributed by atoms with Gasteiger partial charge in [-0.25, -0.2) is 0 Å². The average Bonchev–Trinajstić information content (AvgIpc) is 3.64. The van der Waals surface area contributed by atoms with Crippen LogP contribution in [0, 0.1) is 25.7 Å². The highest BCUT2D eigenvalue weighted by atomic mass is 16.5. The Kier molecular flexibility index (Phi) is 8.39. The number of rotatable bonds is 11. The number of anilines is 2. The third-order valence-corrected chi connectivity index (χ3v) is 9.21. The predicted molar refractivity (Wildman–Crippen MR) is 163 cm³/mol. The second-order valence-electron chi connectivity index (χ2n) is 11.6. The van der Waals surface area contributed by atoms with Crippen molar-refractivity contribution in [2.24, 2.45) is 11.8 Å². The molecular weight excluding hydrogens is 530 g/mol. The summed E-state index contributed by atoms with van der Waals surface area (Å²) in [6, 6.07) is 13.7. The molecule has 2 aromatic carbocycles. The number of aliphatic hydroxyl groups is 1. The van der Waals surface area contributed by atoms with Crippen molar-refractivity contribution in [3.8, 4) is 0 Å². The maximum atomic E-state index is 14.8. The Labute approximate surface area is 248 Å². The summed E-state index contributed by atoms with van der Waals surface area (Å²) in [6.45, 7) is 13.8. The van der Waals surface area contributed by atoms with Crippen molar-refractivity contribution >= 4 is 29.1 Å². The topological polar surface area (TPSA) is 90.4 Å². The van der Waals surface area contributed by atoms with Crippen LogP contribution in [0.4, 0.5) is 11.4 Å². The van der Waals surface area contributed by atoms with Gasteiger partial charge in [-0.1, -0.05) is 49.4 Å². The second-order valence-corrected chi connectivity index (χ2v) is 11.6. The van der Waals surface area contributed by atoms with E-state index in [1.807, 2.05) is 69.3 Å². The number of likely N-dealkylation sites (tertiary alicyclic amines) is 1. The first kappa shape index (κ1) is 29.7. The number of hydrogen-bond donors (Lipinski definition) is 1. The first-order valence-electron chi connectivity index (χ1n) is 14.8. The zero-order valence-electron chi connectivity index (χ0n) is 24.7. The summed E-state index contributed by atoms with van der Waals surface area (Å²) in [5, 5.41) is 10.4. The number of fused-ring (bicyclic) bond motifs is 1. The number of amides is 3. The molecule has 2 unspecified atom stereocenters. The minimum Gasteiger partial charge on any atom is -0.394 e. The number of hydrogen-bond acceptors (Lipinski definition) is 5. The van der Waals surface area contributed by atoms with Gasteiger partial charge in [0, 0.05) is 24.5 Å². The van der Waals surface area contributed by atoms with Crippen molar-refractivity contribution in [2.45, 2.75) is 63.8 Å². The number of carbonyl (C=O) groups excluding carboxylic acids is 3. The first-order valence-corrected chi connectivity index (χ1v) is 14.8. The van der Waals surface area contributed by atoms with Gasteiger partial charge in [0.2, 0.25) is 11.8 Å². The predicted octanol–water partition coefficient (Wildman–Crippen LogP) is 4.19. The molecule has 2 aromatic rings. The van der Waals surface area contributed by atoms with E-state index in [4.69, 9.17) is 4.74 Å². The normalized spacial score (nSPS) is 26.6. The van der Waals surface area contributed by atoms with E-state index < -0.39 is 35.6 Å². The largest absolute Gasteiger partial charge is 0.394 e. The van der Waals surface area contributed by atoms with Gasteiger partial charge in [-0.05, 0) is 62.4 Å². The first-order chi connectivity index (χ1) is 20.2. The van der Waals surface area contributed by atoms with E-state index in [1.54, 1.807) is 22.0 Å². The maximum absolute atomic E-state index is 14.8. The highest BCUT2D eigenvalue weighted by Crippen LogP contribution is 2.59. The van der Waals surface area contributed by atoms with Crippen LogP contribution in [-0.4, -0.2) is 71.2 Å². The minimum atomic E-state index is -1.17. The fraction of sp³-hybridized carbons (Fsp3) is 0.441. The van der Waals surface area contributed by atoms with Gasteiger partial charge in [0.1, 0.15) is 11.6 Å². The van der Waals surface area contributed by atoms with Crippen molar-refractivity contribution in [1.82, 2.24) is 4.90 Å². The van der Waals surface area contributed by atoms with Gasteiger partial charge in [0.25, 0.3) is 5.91 Å². The highest BCUT2D eigenvalue weighted by molar-refractivity contribution is 6.07. The van der Waals surface area contributed by atoms with Crippen molar-refractivity contribution in [1.29, 1.82) is 0 Å². The SMILES string of the molecule is C=CCN(C(=O)[C@@H]1[C@H]2C(=O)N([C@@H](CC)CO)C(C(=O)N(CC=C)c3cc(C)ccc3C)C23CC[C@H]1O3)c1ccccc1. The van der Waals surface area contributed by atoms with Crippen LogP contribution >= 0.6 is 0 Å². The molecule has 222 valence electrons. The van der Waals surface area contributed by atoms with E-state index in [0.717, 1.165) is 16.8 Å². The number of carbonyl (C=O) groups is 3. The molecule has 3 aliphatic rings. The fourth-order valence-corrected chi connectivity index (χ4v) is 7.29. The van der Waals surface area contributed by atoms with Crippen molar-refractivity contribution in [3.63, 3.8) is 0 Å². The molecular formula is C34H41N3O5. The lowest BCUT2D eigenvalue weighted by Gasteiger charge is -2.39. The minimum absolute atomic E-state index is 0.214. The summed E-state index contributed by atoms with van der Waals surface area (Å²) in [7, 11) is 0. The number of aryl methyl sites for hydroxylation is 2. The third kappa shape index (κ3) is 4.67. The summed E-state index contributed by atoms with van der Waals surface area (Å²) in [5.74, 6) is -2.39. The molecule has 3 aliphatic heterocycles. The molecule has 3 fully saturated rings. The zero-order chi connectivity index (χ0) is 30.2. The Morgan fingerprint density at radius 3 is 2.43 bits per heavy atom. The molecule has 0 aromatic heterocycles. The van der Waals surface area contributed by atoms with Crippen LogP contribution in [0.2, 0.25) is 0 Å². The van der Waals surface area contributed by atoms with Gasteiger partial charge in [0.15, 0.2) is 0 Å². The molecule has 8 nitrogen and oxygen atoms in total. The summed E-state index contributed by atoms with van der Waals surface area (Å²) in [4.78, 5) is 48.4. The van der Waals surface area contributed by atoms with E-state index in [0.29, 0.717) is 24.9 Å². The lowest BCUT2D eigenvalue weighted by Crippen LogP contribution is -2.59. The number of benzene rings is 2.